The summed E-state index contributed by atoms with van der Waals surface area (Å²) in [4.78, 5) is 29.1. The Balaban J connectivity index is 1.39. The molecule has 5 heterocycles. The molecule has 0 unspecified atom stereocenters. The fourth-order valence-corrected chi connectivity index (χ4v) is 4.80. The summed E-state index contributed by atoms with van der Waals surface area (Å²) < 4.78 is 14.1. The Morgan fingerprint density at radius 1 is 0.949 bits per heavy atom. The second-order valence-electron chi connectivity index (χ2n) is 10.1. The fourth-order valence-electron chi connectivity index (χ4n) is 4.80. The first-order chi connectivity index (χ1) is 18.8. The minimum Gasteiger partial charge on any atom is -0.353 e. The minimum absolute atomic E-state index is 0.0456. The molecule has 5 aromatic heterocycles. The number of hydrogen-bond acceptors (Lipinski definition) is 5. The molecule has 0 bridgehead atoms. The number of carbonyl (C=O) groups is 1. The van der Waals surface area contributed by atoms with Crippen LogP contribution >= 0.6 is 0 Å². The van der Waals surface area contributed by atoms with E-state index in [9.17, 15) is 9.18 Å². The van der Waals surface area contributed by atoms with E-state index in [1.165, 1.54) is 12.1 Å². The van der Waals surface area contributed by atoms with E-state index in [0.717, 1.165) is 38.7 Å². The normalized spacial score (nSPS) is 11.5. The molecule has 0 saturated carbocycles. The molecule has 0 spiro atoms. The van der Waals surface area contributed by atoms with Crippen LogP contribution < -0.4 is 5.32 Å². The third-order valence-electron chi connectivity index (χ3n) is 6.48. The summed E-state index contributed by atoms with van der Waals surface area (Å²) in [6, 6.07) is 12.7. The van der Waals surface area contributed by atoms with Crippen LogP contribution in [0.4, 0.5) is 10.1 Å². The summed E-state index contributed by atoms with van der Waals surface area (Å²) in [7, 11) is 0. The van der Waals surface area contributed by atoms with Crippen LogP contribution in [0.15, 0.2) is 67.3 Å². The van der Waals surface area contributed by atoms with Crippen molar-refractivity contribution in [3.63, 3.8) is 0 Å². The molecule has 39 heavy (non-hydrogen) atoms. The molecule has 0 aliphatic carbocycles. The highest BCUT2D eigenvalue weighted by Crippen LogP contribution is 2.34. The summed E-state index contributed by atoms with van der Waals surface area (Å²) >= 11 is 0. The smallest absolute Gasteiger partial charge is 0.224 e. The number of nitrogens with zero attached hydrogens (tertiary/aromatic N) is 4. The topological polar surface area (TPSA) is 112 Å². The van der Waals surface area contributed by atoms with Gasteiger partial charge in [0, 0.05) is 58.0 Å². The summed E-state index contributed by atoms with van der Waals surface area (Å²) in [5.41, 5.74) is 7.52. The van der Waals surface area contributed by atoms with Crippen LogP contribution in [0.1, 0.15) is 25.8 Å². The van der Waals surface area contributed by atoms with Crippen LogP contribution in [0.2, 0.25) is 0 Å². The number of halogens is 1. The van der Waals surface area contributed by atoms with Crippen LogP contribution in [-0.4, -0.2) is 36.0 Å². The summed E-state index contributed by atoms with van der Waals surface area (Å²) in [5, 5.41) is 12.2. The number of H-pyrrole nitrogens is 2. The fraction of sp³-hybridized carbons (Fsp3) is 0.167. The molecule has 9 heteroatoms. The van der Waals surface area contributed by atoms with Gasteiger partial charge in [0.2, 0.25) is 5.91 Å². The lowest BCUT2D eigenvalue weighted by molar-refractivity contribution is -0.116. The Morgan fingerprint density at radius 2 is 1.79 bits per heavy atom. The number of aromatic nitrogens is 6. The van der Waals surface area contributed by atoms with Gasteiger partial charge >= 0.3 is 0 Å². The second-order valence-corrected chi connectivity index (χ2v) is 10.1. The van der Waals surface area contributed by atoms with Gasteiger partial charge in [-0.25, -0.2) is 9.37 Å². The van der Waals surface area contributed by atoms with Gasteiger partial charge < -0.3 is 10.3 Å². The quantitative estimate of drug-likeness (QED) is 0.228. The summed E-state index contributed by atoms with van der Waals surface area (Å²) in [6.07, 6.45) is 7.27. The summed E-state index contributed by atoms with van der Waals surface area (Å²) in [5.74, 6) is -0.0769. The molecular weight excluding hydrogens is 493 g/mol. The van der Waals surface area contributed by atoms with Gasteiger partial charge in [0.15, 0.2) is 5.65 Å². The largest absolute Gasteiger partial charge is 0.353 e. The molecule has 1 amide bonds. The average Bonchev–Trinajstić information content (AvgIpc) is 3.51. The van der Waals surface area contributed by atoms with Gasteiger partial charge in [0.25, 0.3) is 0 Å². The van der Waals surface area contributed by atoms with Crippen molar-refractivity contribution in [2.75, 3.05) is 5.32 Å². The minimum atomic E-state index is -0.297. The maximum absolute atomic E-state index is 14.1. The molecule has 0 atom stereocenters. The number of fused-ring (bicyclic) bond motifs is 2. The van der Waals surface area contributed by atoms with Crippen molar-refractivity contribution in [3.8, 4) is 33.8 Å². The molecule has 6 rings (SSSR count). The van der Waals surface area contributed by atoms with Crippen molar-refractivity contribution < 1.29 is 9.18 Å². The van der Waals surface area contributed by atoms with Crippen LogP contribution in [-0.2, 0) is 4.79 Å². The maximum atomic E-state index is 14.1. The zero-order valence-corrected chi connectivity index (χ0v) is 21.7. The standard InChI is InChI=1S/C30H26FN7O/c1-16(2)6-27(39)35-22-10-19(13-32-15-22)20-11-24-29(37-38-30(24)34-14-20)26-12-23-25(36-26)4-5-33-28(23)18-7-17(3)8-21(31)9-18/h4-5,7-16,36H,6H2,1-3H3,(H,35,39)(H,34,37,38). The van der Waals surface area contributed by atoms with Crippen molar-refractivity contribution in [2.45, 2.75) is 27.2 Å². The van der Waals surface area contributed by atoms with Crippen LogP contribution in [0.3, 0.4) is 0 Å². The number of aromatic amines is 2. The molecule has 0 aliphatic rings. The molecular formula is C30H26FN7O. The van der Waals surface area contributed by atoms with E-state index in [4.69, 9.17) is 0 Å². The van der Waals surface area contributed by atoms with E-state index >= 15 is 0 Å². The highest BCUT2D eigenvalue weighted by atomic mass is 19.1. The number of aryl methyl sites for hydroxylation is 1. The predicted octanol–water partition coefficient (Wildman–Crippen LogP) is 6.66. The Morgan fingerprint density at radius 3 is 2.62 bits per heavy atom. The van der Waals surface area contributed by atoms with Gasteiger partial charge in [0.1, 0.15) is 11.5 Å². The van der Waals surface area contributed by atoms with Crippen molar-refractivity contribution in [3.05, 3.63) is 78.6 Å². The van der Waals surface area contributed by atoms with E-state index in [0.29, 0.717) is 34.7 Å². The molecule has 1 aromatic carbocycles. The summed E-state index contributed by atoms with van der Waals surface area (Å²) in [6.45, 7) is 5.87. The molecule has 8 nitrogen and oxygen atoms in total. The van der Waals surface area contributed by atoms with Crippen LogP contribution in [0, 0.1) is 18.7 Å². The van der Waals surface area contributed by atoms with E-state index in [1.807, 2.05) is 51.1 Å². The Bertz CT molecular complexity index is 1830. The van der Waals surface area contributed by atoms with E-state index < -0.39 is 0 Å². The zero-order valence-electron chi connectivity index (χ0n) is 21.7. The predicted molar refractivity (Wildman–Crippen MR) is 150 cm³/mol. The third-order valence-corrected chi connectivity index (χ3v) is 6.48. The number of rotatable bonds is 6. The van der Waals surface area contributed by atoms with Gasteiger partial charge in [-0.05, 0) is 60.9 Å². The van der Waals surface area contributed by atoms with Crippen LogP contribution in [0.5, 0.6) is 0 Å². The highest BCUT2D eigenvalue weighted by Gasteiger charge is 2.16. The number of amides is 1. The Kier molecular flexibility index (Phi) is 6.11. The van der Waals surface area contributed by atoms with E-state index in [2.05, 4.69) is 35.5 Å². The third kappa shape index (κ3) is 4.86. The van der Waals surface area contributed by atoms with Gasteiger partial charge in [0.05, 0.1) is 23.3 Å². The molecule has 6 aromatic rings. The highest BCUT2D eigenvalue weighted by molar-refractivity contribution is 6.00. The molecule has 3 N–H and O–H groups in total. The van der Waals surface area contributed by atoms with Gasteiger partial charge in [-0.2, -0.15) is 5.10 Å². The molecule has 194 valence electrons. The first kappa shape index (κ1) is 24.4. The molecule has 0 radical (unpaired) electrons. The van der Waals surface area contributed by atoms with Gasteiger partial charge in [-0.1, -0.05) is 13.8 Å². The Hall–Kier alpha value is -4.92. The lowest BCUT2D eigenvalue weighted by Gasteiger charge is -2.08. The van der Waals surface area contributed by atoms with Gasteiger partial charge in [-0.15, -0.1) is 0 Å². The number of anilines is 1. The van der Waals surface area contributed by atoms with E-state index in [-0.39, 0.29) is 17.6 Å². The van der Waals surface area contributed by atoms with Crippen LogP contribution in [0.25, 0.3) is 55.7 Å². The van der Waals surface area contributed by atoms with Crippen molar-refractivity contribution >= 4 is 33.5 Å². The number of pyridine rings is 3. The lowest BCUT2D eigenvalue weighted by atomic mass is 10.0. The average molecular weight is 520 g/mol. The lowest BCUT2D eigenvalue weighted by Crippen LogP contribution is -2.13. The molecule has 0 saturated heterocycles. The SMILES string of the molecule is Cc1cc(F)cc(-c2nccc3[nH]c(-c4n[nH]c5ncc(-c6cncc(NC(=O)CC(C)C)c6)cc45)cc23)c1. The van der Waals surface area contributed by atoms with E-state index in [1.54, 1.807) is 24.8 Å². The van der Waals surface area contributed by atoms with Crippen molar-refractivity contribution in [1.29, 1.82) is 0 Å². The van der Waals surface area contributed by atoms with Crippen molar-refractivity contribution in [1.82, 2.24) is 30.1 Å². The number of benzene rings is 1. The number of hydrogen-bond donors (Lipinski definition) is 3. The number of nitrogens with one attached hydrogen (secondary N) is 3. The Labute approximate surface area is 223 Å². The molecule has 0 fully saturated rings. The first-order valence-electron chi connectivity index (χ1n) is 12.7. The maximum Gasteiger partial charge on any atom is 0.224 e. The van der Waals surface area contributed by atoms with Gasteiger partial charge in [-0.3, -0.25) is 19.9 Å². The zero-order chi connectivity index (χ0) is 27.1. The molecule has 0 aliphatic heterocycles. The van der Waals surface area contributed by atoms with Crippen molar-refractivity contribution in [2.24, 2.45) is 5.92 Å². The first-order valence-corrected chi connectivity index (χ1v) is 12.7. The number of carbonyl (C=O) groups excluding carboxylic acids is 1. The second kappa shape index (κ2) is 9.75. The monoisotopic (exact) mass is 519 g/mol.